The van der Waals surface area contributed by atoms with Crippen molar-refractivity contribution in [2.75, 3.05) is 23.7 Å². The Morgan fingerprint density at radius 1 is 1.50 bits per heavy atom. The number of nitrogens with zero attached hydrogens (tertiary/aromatic N) is 4. The smallest absolute Gasteiger partial charge is 0.263 e. The Morgan fingerprint density at radius 3 is 2.96 bits per heavy atom. The van der Waals surface area contributed by atoms with E-state index in [-0.39, 0.29) is 22.9 Å². The topological polar surface area (TPSA) is 111 Å². The normalized spacial score (nSPS) is 17.3. The van der Waals surface area contributed by atoms with E-state index in [4.69, 9.17) is 11.0 Å². The van der Waals surface area contributed by atoms with E-state index in [0.29, 0.717) is 19.0 Å². The lowest BCUT2D eigenvalue weighted by molar-refractivity contribution is 0.752. The van der Waals surface area contributed by atoms with Crippen molar-refractivity contribution in [2.24, 2.45) is 10.9 Å². The molecule has 0 aliphatic carbocycles. The van der Waals surface area contributed by atoms with E-state index in [1.165, 1.54) is 6.21 Å². The van der Waals surface area contributed by atoms with Crippen molar-refractivity contribution < 1.29 is 0 Å². The lowest BCUT2D eigenvalue weighted by Crippen LogP contribution is -2.27. The second-order valence-electron chi connectivity index (χ2n) is 5.79. The minimum Gasteiger partial charge on any atom is -0.383 e. The van der Waals surface area contributed by atoms with Gasteiger partial charge in [0.25, 0.3) is 5.56 Å². The lowest BCUT2D eigenvalue weighted by atomic mass is 10.1. The van der Waals surface area contributed by atoms with Crippen molar-refractivity contribution in [1.29, 1.82) is 5.26 Å². The number of rotatable bonds is 3. The Bertz CT molecular complexity index is 879. The van der Waals surface area contributed by atoms with Crippen LogP contribution in [-0.2, 0) is 0 Å². The number of aryl methyl sites for hydroxylation is 1. The molecule has 7 nitrogen and oxygen atoms in total. The van der Waals surface area contributed by atoms with Crippen LogP contribution in [0.4, 0.5) is 17.5 Å². The standard InChI is InChI=1S/C17H18N6O/c1-11-4-2-3-5-14(11)20-9-13-15(19)21-17(22-16(13)24)23-7-6-12(8-18)10-23/h2-5,9,12H,6-7,10H2,1H3,(H3,19,21,22,24). The minimum absolute atomic E-state index is 0.0428. The van der Waals surface area contributed by atoms with Crippen molar-refractivity contribution >= 4 is 23.7 Å². The summed E-state index contributed by atoms with van der Waals surface area (Å²) in [4.78, 5) is 25.5. The quantitative estimate of drug-likeness (QED) is 0.836. The maximum absolute atomic E-state index is 12.3. The number of nitrogens with two attached hydrogens (primary N) is 1. The highest BCUT2D eigenvalue weighted by molar-refractivity contribution is 5.87. The number of benzene rings is 1. The third kappa shape index (κ3) is 3.13. The minimum atomic E-state index is -0.338. The van der Waals surface area contributed by atoms with Crippen LogP contribution in [0.2, 0.25) is 0 Å². The molecule has 0 saturated carbocycles. The van der Waals surface area contributed by atoms with E-state index >= 15 is 0 Å². The highest BCUT2D eigenvalue weighted by Crippen LogP contribution is 2.21. The van der Waals surface area contributed by atoms with Crippen molar-refractivity contribution in [1.82, 2.24) is 9.97 Å². The number of aromatic nitrogens is 2. The monoisotopic (exact) mass is 322 g/mol. The van der Waals surface area contributed by atoms with E-state index < -0.39 is 0 Å². The van der Waals surface area contributed by atoms with Gasteiger partial charge in [-0.05, 0) is 25.0 Å². The third-order valence-electron chi connectivity index (χ3n) is 4.09. The number of aromatic amines is 1. The first-order chi connectivity index (χ1) is 11.6. The summed E-state index contributed by atoms with van der Waals surface area (Å²) in [5.41, 5.74) is 7.62. The maximum atomic E-state index is 12.3. The van der Waals surface area contributed by atoms with Crippen LogP contribution in [0, 0.1) is 24.2 Å². The van der Waals surface area contributed by atoms with Crippen molar-refractivity contribution in [3.05, 3.63) is 45.7 Å². The molecule has 1 aromatic heterocycles. The number of H-pyrrole nitrogens is 1. The average molecular weight is 322 g/mol. The van der Waals surface area contributed by atoms with Crippen molar-refractivity contribution in [3.8, 4) is 6.07 Å². The van der Waals surface area contributed by atoms with E-state index in [9.17, 15) is 4.79 Å². The van der Waals surface area contributed by atoms with Crippen LogP contribution in [0.3, 0.4) is 0 Å². The SMILES string of the molecule is Cc1ccccc1N=Cc1c(N)nc(N2CCC(C#N)C2)[nH]c1=O. The van der Waals surface area contributed by atoms with Crippen LogP contribution < -0.4 is 16.2 Å². The third-order valence-corrected chi connectivity index (χ3v) is 4.09. The van der Waals surface area contributed by atoms with Gasteiger partial charge in [0.05, 0.1) is 17.7 Å². The summed E-state index contributed by atoms with van der Waals surface area (Å²) in [5, 5.41) is 8.97. The van der Waals surface area contributed by atoms with Gasteiger partial charge < -0.3 is 10.6 Å². The van der Waals surface area contributed by atoms with E-state index in [2.05, 4.69) is 21.0 Å². The van der Waals surface area contributed by atoms with E-state index in [0.717, 1.165) is 17.7 Å². The number of hydrogen-bond acceptors (Lipinski definition) is 6. The Balaban J connectivity index is 1.87. The molecule has 7 heteroatoms. The molecular weight excluding hydrogens is 304 g/mol. The van der Waals surface area contributed by atoms with E-state index in [1.54, 1.807) is 0 Å². The van der Waals surface area contributed by atoms with E-state index in [1.807, 2.05) is 36.1 Å². The Labute approximate surface area is 139 Å². The van der Waals surface area contributed by atoms with Crippen LogP contribution in [0.25, 0.3) is 0 Å². The Kier molecular flexibility index (Phi) is 4.29. The largest absolute Gasteiger partial charge is 0.383 e. The molecule has 1 atom stereocenters. The molecule has 3 N–H and O–H groups in total. The van der Waals surface area contributed by atoms with Gasteiger partial charge in [-0.3, -0.25) is 14.8 Å². The van der Waals surface area contributed by atoms with Crippen LogP contribution in [0.5, 0.6) is 0 Å². The van der Waals surface area contributed by atoms with Crippen LogP contribution in [0.15, 0.2) is 34.1 Å². The number of aliphatic imine (C=N–C) groups is 1. The summed E-state index contributed by atoms with van der Waals surface area (Å²) < 4.78 is 0. The number of nitrogen functional groups attached to an aromatic ring is 1. The van der Waals surface area contributed by atoms with Gasteiger partial charge in [-0.2, -0.15) is 10.2 Å². The molecule has 1 unspecified atom stereocenters. The van der Waals surface area contributed by atoms with Gasteiger partial charge >= 0.3 is 0 Å². The van der Waals surface area contributed by atoms with Gasteiger partial charge in [-0.25, -0.2) is 0 Å². The van der Waals surface area contributed by atoms with Gasteiger partial charge in [-0.1, -0.05) is 18.2 Å². The summed E-state index contributed by atoms with van der Waals surface area (Å²) in [6, 6.07) is 9.85. The first kappa shape index (κ1) is 15.7. The molecule has 0 spiro atoms. The van der Waals surface area contributed by atoms with Gasteiger partial charge in [-0.15, -0.1) is 0 Å². The fraction of sp³-hybridized carbons (Fsp3) is 0.294. The second kappa shape index (κ2) is 6.54. The molecule has 1 aromatic carbocycles. The van der Waals surface area contributed by atoms with Crippen LogP contribution >= 0.6 is 0 Å². The second-order valence-corrected chi connectivity index (χ2v) is 5.79. The highest BCUT2D eigenvalue weighted by Gasteiger charge is 2.24. The molecule has 2 heterocycles. The molecule has 1 aliphatic heterocycles. The molecular formula is C17H18N6O. The summed E-state index contributed by atoms with van der Waals surface area (Å²) in [6.07, 6.45) is 2.20. The Hall–Kier alpha value is -3.14. The fourth-order valence-corrected chi connectivity index (χ4v) is 2.66. The molecule has 0 amide bonds. The first-order valence-electron chi connectivity index (χ1n) is 7.72. The zero-order valence-corrected chi connectivity index (χ0v) is 13.4. The van der Waals surface area contributed by atoms with Crippen LogP contribution in [-0.4, -0.2) is 29.3 Å². The maximum Gasteiger partial charge on any atom is 0.263 e. The first-order valence-corrected chi connectivity index (χ1v) is 7.72. The number of nitriles is 1. The van der Waals surface area contributed by atoms with Gasteiger partial charge in [0.1, 0.15) is 11.4 Å². The highest BCUT2D eigenvalue weighted by atomic mass is 16.1. The van der Waals surface area contributed by atoms with Gasteiger partial charge in [0.15, 0.2) is 0 Å². The predicted octanol–water partition coefficient (Wildman–Crippen LogP) is 1.76. The zero-order valence-electron chi connectivity index (χ0n) is 13.4. The molecule has 122 valence electrons. The number of anilines is 2. The summed E-state index contributed by atoms with van der Waals surface area (Å²) in [6.45, 7) is 3.17. The molecule has 3 rings (SSSR count). The summed E-state index contributed by atoms with van der Waals surface area (Å²) in [7, 11) is 0. The fourth-order valence-electron chi connectivity index (χ4n) is 2.66. The predicted molar refractivity (Wildman–Crippen MR) is 93.6 cm³/mol. The number of hydrogen-bond donors (Lipinski definition) is 2. The molecule has 1 saturated heterocycles. The molecule has 1 aliphatic rings. The zero-order chi connectivity index (χ0) is 17.1. The van der Waals surface area contributed by atoms with Crippen LogP contribution in [0.1, 0.15) is 17.5 Å². The molecule has 2 aromatic rings. The average Bonchev–Trinajstić information content (AvgIpc) is 3.04. The summed E-state index contributed by atoms with van der Waals surface area (Å²) in [5.74, 6) is 0.494. The molecule has 24 heavy (non-hydrogen) atoms. The van der Waals surface area contributed by atoms with Gasteiger partial charge in [0.2, 0.25) is 5.95 Å². The lowest BCUT2D eigenvalue weighted by Gasteiger charge is -2.16. The summed E-state index contributed by atoms with van der Waals surface area (Å²) >= 11 is 0. The van der Waals surface area contributed by atoms with Crippen molar-refractivity contribution in [3.63, 3.8) is 0 Å². The molecule has 0 bridgehead atoms. The number of nitrogens with one attached hydrogen (secondary N) is 1. The van der Waals surface area contributed by atoms with Gasteiger partial charge in [0, 0.05) is 19.3 Å². The van der Waals surface area contributed by atoms with Crippen molar-refractivity contribution in [2.45, 2.75) is 13.3 Å². The Morgan fingerprint density at radius 2 is 2.29 bits per heavy atom. The molecule has 0 radical (unpaired) electrons. The molecule has 1 fully saturated rings. The number of para-hydroxylation sites is 1.